The Labute approximate surface area is 136 Å². The molecule has 118 valence electrons. The summed E-state index contributed by atoms with van der Waals surface area (Å²) in [4.78, 5) is 4.45. The van der Waals surface area contributed by atoms with E-state index in [1.54, 1.807) is 7.11 Å². The molecule has 0 spiro atoms. The van der Waals surface area contributed by atoms with Crippen molar-refractivity contribution in [1.82, 2.24) is 9.55 Å². The van der Waals surface area contributed by atoms with Gasteiger partial charge in [0.25, 0.3) is 0 Å². The number of nitrogens with zero attached hydrogens (tertiary/aromatic N) is 2. The van der Waals surface area contributed by atoms with Gasteiger partial charge in [0, 0.05) is 12.1 Å². The zero-order chi connectivity index (χ0) is 16.2. The van der Waals surface area contributed by atoms with Crippen LogP contribution in [0.2, 0.25) is 0 Å². The van der Waals surface area contributed by atoms with Crippen LogP contribution in [0.1, 0.15) is 11.3 Å². The molecule has 0 atom stereocenters. The summed E-state index contributed by atoms with van der Waals surface area (Å²) >= 11 is 0. The number of aromatic nitrogens is 2. The lowest BCUT2D eigenvalue weighted by atomic mass is 10.1. The number of methoxy groups -OCH3 is 1. The van der Waals surface area contributed by atoms with Gasteiger partial charge in [0.05, 0.1) is 18.5 Å². The van der Waals surface area contributed by atoms with Crippen molar-refractivity contribution >= 4 is 5.95 Å². The number of rotatable bonds is 5. The minimum atomic E-state index is 0.565. The van der Waals surface area contributed by atoms with Crippen LogP contribution in [0.4, 0.5) is 5.95 Å². The Morgan fingerprint density at radius 1 is 1.04 bits per heavy atom. The van der Waals surface area contributed by atoms with Gasteiger partial charge in [-0.25, -0.2) is 4.98 Å². The predicted octanol–water partition coefficient (Wildman–Crippen LogP) is 3.69. The van der Waals surface area contributed by atoms with E-state index in [0.29, 0.717) is 5.95 Å². The third-order valence-corrected chi connectivity index (χ3v) is 4.00. The van der Waals surface area contributed by atoms with E-state index in [4.69, 9.17) is 10.5 Å². The van der Waals surface area contributed by atoms with Crippen LogP contribution >= 0.6 is 0 Å². The van der Waals surface area contributed by atoms with E-state index < -0.39 is 0 Å². The van der Waals surface area contributed by atoms with Gasteiger partial charge in [-0.05, 0) is 31.0 Å². The molecule has 0 aliphatic rings. The molecular formula is C19H21N3O. The van der Waals surface area contributed by atoms with Crippen molar-refractivity contribution < 1.29 is 4.74 Å². The fraction of sp³-hybridized carbons (Fsp3) is 0.211. The summed E-state index contributed by atoms with van der Waals surface area (Å²) in [6, 6.07) is 18.4. The largest absolute Gasteiger partial charge is 0.497 e. The number of hydrogen-bond donors (Lipinski definition) is 1. The Bertz CT molecular complexity index is 776. The molecule has 0 unspecified atom stereocenters. The van der Waals surface area contributed by atoms with Crippen LogP contribution in [0.3, 0.4) is 0 Å². The number of hydrogen-bond acceptors (Lipinski definition) is 3. The molecule has 0 radical (unpaired) electrons. The number of anilines is 1. The molecule has 2 aromatic carbocycles. The molecule has 1 heterocycles. The minimum absolute atomic E-state index is 0.565. The van der Waals surface area contributed by atoms with Crippen molar-refractivity contribution in [1.29, 1.82) is 0 Å². The van der Waals surface area contributed by atoms with Gasteiger partial charge in [0.1, 0.15) is 5.75 Å². The Morgan fingerprint density at radius 2 is 1.74 bits per heavy atom. The molecule has 0 bridgehead atoms. The second-order valence-electron chi connectivity index (χ2n) is 5.52. The first-order valence-corrected chi connectivity index (χ1v) is 7.70. The fourth-order valence-corrected chi connectivity index (χ4v) is 2.82. The normalized spacial score (nSPS) is 10.7. The Hall–Kier alpha value is -2.75. The van der Waals surface area contributed by atoms with Crippen molar-refractivity contribution in [3.05, 3.63) is 65.9 Å². The fourth-order valence-electron chi connectivity index (χ4n) is 2.82. The zero-order valence-corrected chi connectivity index (χ0v) is 13.5. The van der Waals surface area contributed by atoms with Gasteiger partial charge in [-0.15, -0.1) is 0 Å². The molecule has 4 heteroatoms. The van der Waals surface area contributed by atoms with Gasteiger partial charge >= 0.3 is 0 Å². The van der Waals surface area contributed by atoms with E-state index in [2.05, 4.69) is 33.8 Å². The Balaban J connectivity index is 1.85. The zero-order valence-electron chi connectivity index (χ0n) is 13.5. The molecule has 23 heavy (non-hydrogen) atoms. The maximum atomic E-state index is 6.12. The van der Waals surface area contributed by atoms with Gasteiger partial charge in [0.2, 0.25) is 5.95 Å². The quantitative estimate of drug-likeness (QED) is 0.782. The number of nitrogens with two attached hydrogens (primary N) is 1. The smallest absolute Gasteiger partial charge is 0.200 e. The van der Waals surface area contributed by atoms with Crippen LogP contribution in [0.25, 0.3) is 11.3 Å². The minimum Gasteiger partial charge on any atom is -0.497 e. The van der Waals surface area contributed by atoms with E-state index >= 15 is 0 Å². The molecular weight excluding hydrogens is 286 g/mol. The SMILES string of the molecule is COc1ccc(CCn2c(N)nc(C)c2-c2ccccc2)cc1. The highest BCUT2D eigenvalue weighted by Crippen LogP contribution is 2.26. The molecule has 0 aliphatic carbocycles. The van der Waals surface area contributed by atoms with Crippen LogP contribution in [-0.4, -0.2) is 16.7 Å². The number of ether oxygens (including phenoxy) is 1. The van der Waals surface area contributed by atoms with Gasteiger partial charge in [-0.3, -0.25) is 0 Å². The Kier molecular flexibility index (Phi) is 4.33. The number of imidazole rings is 1. The monoisotopic (exact) mass is 307 g/mol. The highest BCUT2D eigenvalue weighted by Gasteiger charge is 2.13. The average molecular weight is 307 g/mol. The first-order chi connectivity index (χ1) is 11.2. The van der Waals surface area contributed by atoms with Crippen LogP contribution in [0.15, 0.2) is 54.6 Å². The molecule has 0 amide bonds. The van der Waals surface area contributed by atoms with Crippen LogP contribution in [0.5, 0.6) is 5.75 Å². The third kappa shape index (κ3) is 3.21. The molecule has 4 nitrogen and oxygen atoms in total. The average Bonchev–Trinajstić information content (AvgIpc) is 2.87. The van der Waals surface area contributed by atoms with Crippen molar-refractivity contribution in [2.24, 2.45) is 0 Å². The number of nitrogen functional groups attached to an aromatic ring is 1. The van der Waals surface area contributed by atoms with E-state index in [1.165, 1.54) is 5.56 Å². The lowest BCUT2D eigenvalue weighted by Gasteiger charge is -2.11. The first-order valence-electron chi connectivity index (χ1n) is 7.70. The number of benzene rings is 2. The summed E-state index contributed by atoms with van der Waals surface area (Å²) in [6.07, 6.45) is 0.893. The van der Waals surface area contributed by atoms with Crippen molar-refractivity contribution in [2.75, 3.05) is 12.8 Å². The summed E-state index contributed by atoms with van der Waals surface area (Å²) in [5.41, 5.74) is 10.6. The molecule has 0 aliphatic heterocycles. The van der Waals surface area contributed by atoms with Crippen LogP contribution < -0.4 is 10.5 Å². The first kappa shape index (κ1) is 15.2. The molecule has 0 saturated heterocycles. The van der Waals surface area contributed by atoms with Crippen LogP contribution in [0, 0.1) is 6.92 Å². The lowest BCUT2D eigenvalue weighted by Crippen LogP contribution is -2.07. The van der Waals surface area contributed by atoms with E-state index in [-0.39, 0.29) is 0 Å². The van der Waals surface area contributed by atoms with Gasteiger partial charge < -0.3 is 15.0 Å². The van der Waals surface area contributed by atoms with Crippen molar-refractivity contribution in [3.8, 4) is 17.0 Å². The molecule has 0 saturated carbocycles. The summed E-state index contributed by atoms with van der Waals surface area (Å²) in [5, 5.41) is 0. The summed E-state index contributed by atoms with van der Waals surface area (Å²) in [6.45, 7) is 2.80. The highest BCUT2D eigenvalue weighted by atomic mass is 16.5. The maximum absolute atomic E-state index is 6.12. The van der Waals surface area contributed by atoms with E-state index in [1.807, 2.05) is 37.3 Å². The molecule has 1 aromatic heterocycles. The molecule has 3 rings (SSSR count). The lowest BCUT2D eigenvalue weighted by molar-refractivity contribution is 0.414. The second-order valence-corrected chi connectivity index (χ2v) is 5.52. The maximum Gasteiger partial charge on any atom is 0.200 e. The molecule has 0 fully saturated rings. The Morgan fingerprint density at radius 3 is 2.39 bits per heavy atom. The standard InChI is InChI=1S/C19H21N3O/c1-14-18(16-6-4-3-5-7-16)22(19(20)21-14)13-12-15-8-10-17(23-2)11-9-15/h3-11H,12-13H2,1-2H3,(H2,20,21). The highest BCUT2D eigenvalue weighted by molar-refractivity contribution is 5.64. The third-order valence-electron chi connectivity index (χ3n) is 4.00. The molecule has 2 N–H and O–H groups in total. The van der Waals surface area contributed by atoms with Gasteiger partial charge in [0.15, 0.2) is 0 Å². The summed E-state index contributed by atoms with van der Waals surface area (Å²) < 4.78 is 7.29. The topological polar surface area (TPSA) is 53.1 Å². The summed E-state index contributed by atoms with van der Waals surface area (Å²) in [7, 11) is 1.68. The van der Waals surface area contributed by atoms with Crippen LogP contribution in [-0.2, 0) is 13.0 Å². The van der Waals surface area contributed by atoms with Gasteiger partial charge in [-0.1, -0.05) is 42.5 Å². The van der Waals surface area contributed by atoms with E-state index in [9.17, 15) is 0 Å². The predicted molar refractivity (Wildman–Crippen MR) is 93.5 cm³/mol. The molecule has 3 aromatic rings. The second kappa shape index (κ2) is 6.57. The summed E-state index contributed by atoms with van der Waals surface area (Å²) in [5.74, 6) is 1.44. The van der Waals surface area contributed by atoms with E-state index in [0.717, 1.165) is 35.7 Å². The van der Waals surface area contributed by atoms with Crippen molar-refractivity contribution in [3.63, 3.8) is 0 Å². The van der Waals surface area contributed by atoms with Gasteiger partial charge in [-0.2, -0.15) is 0 Å². The van der Waals surface area contributed by atoms with Crippen molar-refractivity contribution in [2.45, 2.75) is 19.9 Å². The number of aryl methyl sites for hydroxylation is 2.